The minimum absolute atomic E-state index is 0. The number of nitrogens with zero attached hydrogens (tertiary/aromatic N) is 3. The molecule has 0 unspecified atom stereocenters. The molecule has 0 spiro atoms. The van der Waals surface area contributed by atoms with Gasteiger partial charge in [-0.25, -0.2) is 13.4 Å². The second-order valence-corrected chi connectivity index (χ2v) is 13.5. The average molecular weight is 615 g/mol. The Kier molecular flexibility index (Phi) is 10.3. The second-order valence-electron chi connectivity index (χ2n) is 10.7. The number of fused-ring (bicyclic) bond motifs is 2. The number of hydrogen-bond acceptors (Lipinski definition) is 7. The van der Waals surface area contributed by atoms with E-state index in [1.807, 2.05) is 30.3 Å². The number of rotatable bonds is 7. The molecule has 1 atom stereocenters. The standard InChI is InChI=1S/C27H35N5O3S2.2ClH/c1-4-31-12-14-32(15-13-31)26(33)21(16-24-29-20-9-5-6-10-22(20)36-24)30-37(34,35)23-11-7-8-19-17-27(2,3)18-28-25(19)23;;/h5-11,21,28,30H,4,12-18H2,1-3H3;2*1H/t21-;;/m0../s1. The van der Waals surface area contributed by atoms with Gasteiger partial charge in [0.2, 0.25) is 15.9 Å². The Morgan fingerprint density at radius 3 is 2.51 bits per heavy atom. The van der Waals surface area contributed by atoms with Crippen molar-refractivity contribution in [1.29, 1.82) is 0 Å². The molecule has 2 aromatic carbocycles. The molecule has 2 aliphatic heterocycles. The maximum absolute atomic E-state index is 13.8. The topological polar surface area (TPSA) is 94.6 Å². The van der Waals surface area contributed by atoms with E-state index in [0.717, 1.165) is 46.8 Å². The van der Waals surface area contributed by atoms with Crippen LogP contribution < -0.4 is 10.0 Å². The molecule has 0 aliphatic carbocycles. The van der Waals surface area contributed by atoms with Crippen LogP contribution >= 0.6 is 36.2 Å². The highest BCUT2D eigenvalue weighted by Gasteiger charge is 2.35. The predicted molar refractivity (Wildman–Crippen MR) is 163 cm³/mol. The number of benzene rings is 2. The van der Waals surface area contributed by atoms with Crippen LogP contribution in [0.15, 0.2) is 47.4 Å². The van der Waals surface area contributed by atoms with E-state index in [9.17, 15) is 13.2 Å². The van der Waals surface area contributed by atoms with Crippen LogP contribution in [0.25, 0.3) is 10.2 Å². The van der Waals surface area contributed by atoms with Crippen LogP contribution in [-0.2, 0) is 27.7 Å². The van der Waals surface area contributed by atoms with Crippen LogP contribution in [0.2, 0.25) is 0 Å². The molecule has 3 aromatic rings. The van der Waals surface area contributed by atoms with Gasteiger partial charge in [-0.15, -0.1) is 36.2 Å². The zero-order chi connectivity index (χ0) is 26.2. The Balaban J connectivity index is 0.00000210. The van der Waals surface area contributed by atoms with E-state index in [-0.39, 0.29) is 47.5 Å². The minimum Gasteiger partial charge on any atom is -0.383 e. The first-order valence-corrected chi connectivity index (χ1v) is 15.2. The maximum Gasteiger partial charge on any atom is 0.243 e. The highest BCUT2D eigenvalue weighted by atomic mass is 35.5. The molecule has 8 nitrogen and oxygen atoms in total. The normalized spacial score (nSPS) is 17.9. The molecule has 0 bridgehead atoms. The fourth-order valence-electron chi connectivity index (χ4n) is 5.17. The number of aromatic nitrogens is 1. The molecule has 3 heterocycles. The first kappa shape index (κ1) is 31.6. The molecule has 2 N–H and O–H groups in total. The van der Waals surface area contributed by atoms with Crippen LogP contribution in [0.5, 0.6) is 0 Å². The van der Waals surface area contributed by atoms with Gasteiger partial charge in [0.15, 0.2) is 0 Å². The minimum atomic E-state index is -3.98. The molecule has 2 aliphatic rings. The van der Waals surface area contributed by atoms with Gasteiger partial charge in [0.05, 0.1) is 20.9 Å². The smallest absolute Gasteiger partial charge is 0.243 e. The maximum atomic E-state index is 13.8. The molecular weight excluding hydrogens is 577 g/mol. The molecule has 12 heteroatoms. The van der Waals surface area contributed by atoms with E-state index in [1.165, 1.54) is 11.3 Å². The third kappa shape index (κ3) is 7.04. The fourth-order valence-corrected chi connectivity index (χ4v) is 7.60. The molecule has 0 radical (unpaired) electrons. The lowest BCUT2D eigenvalue weighted by atomic mass is 9.82. The van der Waals surface area contributed by atoms with E-state index in [1.54, 1.807) is 17.0 Å². The fraction of sp³-hybridized carbons (Fsp3) is 0.481. The quantitative estimate of drug-likeness (QED) is 0.415. The van der Waals surface area contributed by atoms with Crippen LogP contribution in [-0.4, -0.2) is 74.4 Å². The third-order valence-electron chi connectivity index (χ3n) is 7.26. The van der Waals surface area contributed by atoms with Crippen molar-refractivity contribution in [3.8, 4) is 0 Å². The highest BCUT2D eigenvalue weighted by molar-refractivity contribution is 7.89. The summed E-state index contributed by atoms with van der Waals surface area (Å²) in [7, 11) is -3.98. The predicted octanol–water partition coefficient (Wildman–Crippen LogP) is 4.19. The van der Waals surface area contributed by atoms with Crippen LogP contribution in [0, 0.1) is 5.41 Å². The van der Waals surface area contributed by atoms with E-state index < -0.39 is 16.1 Å². The van der Waals surface area contributed by atoms with E-state index in [4.69, 9.17) is 0 Å². The Morgan fingerprint density at radius 2 is 1.82 bits per heavy atom. The zero-order valence-electron chi connectivity index (χ0n) is 22.5. The molecule has 1 aromatic heterocycles. The number of para-hydroxylation sites is 2. The SMILES string of the molecule is CCN1CCN(C(=O)[C@H](Cc2nc3ccccc3s2)NS(=O)(=O)c2cccc3c2NCC(C)(C)C3)CC1.Cl.Cl. The monoisotopic (exact) mass is 613 g/mol. The van der Waals surface area contributed by atoms with Crippen molar-refractivity contribution in [3.05, 3.63) is 53.0 Å². The number of halogens is 2. The van der Waals surface area contributed by atoms with Gasteiger partial charge in [0.1, 0.15) is 10.9 Å². The molecule has 1 saturated heterocycles. The lowest BCUT2D eigenvalue weighted by molar-refractivity contribution is -0.134. The Bertz CT molecular complexity index is 1370. The van der Waals surface area contributed by atoms with Crippen LogP contribution in [0.4, 0.5) is 5.69 Å². The van der Waals surface area contributed by atoms with Gasteiger partial charge < -0.3 is 15.1 Å². The highest BCUT2D eigenvalue weighted by Crippen LogP contribution is 2.36. The summed E-state index contributed by atoms with van der Waals surface area (Å²) in [6.45, 7) is 10.8. The largest absolute Gasteiger partial charge is 0.383 e. The third-order valence-corrected chi connectivity index (χ3v) is 9.83. The summed E-state index contributed by atoms with van der Waals surface area (Å²) in [4.78, 5) is 22.7. The van der Waals surface area contributed by atoms with Gasteiger partial charge in [-0.05, 0) is 42.1 Å². The Hall–Kier alpha value is -1.95. The number of amides is 1. The number of nitrogens with one attached hydrogen (secondary N) is 2. The molecule has 1 amide bonds. The van der Waals surface area contributed by atoms with Crippen molar-refractivity contribution in [2.75, 3.05) is 44.6 Å². The Labute approximate surface area is 247 Å². The molecule has 0 saturated carbocycles. The average Bonchev–Trinajstić information content (AvgIpc) is 3.29. The number of piperazine rings is 1. The number of anilines is 1. The van der Waals surface area contributed by atoms with Crippen molar-refractivity contribution in [2.24, 2.45) is 5.41 Å². The van der Waals surface area contributed by atoms with E-state index in [2.05, 4.69) is 40.7 Å². The summed E-state index contributed by atoms with van der Waals surface area (Å²) in [6.07, 6.45) is 0.995. The van der Waals surface area contributed by atoms with Crippen molar-refractivity contribution >= 4 is 68.0 Å². The number of carbonyl (C=O) groups is 1. The zero-order valence-corrected chi connectivity index (χ0v) is 25.7. The van der Waals surface area contributed by atoms with Gasteiger partial charge in [0, 0.05) is 39.1 Å². The van der Waals surface area contributed by atoms with Gasteiger partial charge in [-0.1, -0.05) is 45.0 Å². The number of thiazole rings is 1. The first-order valence-electron chi connectivity index (χ1n) is 12.9. The number of sulfonamides is 1. The number of hydrogen-bond donors (Lipinski definition) is 2. The van der Waals surface area contributed by atoms with Crippen molar-refractivity contribution < 1.29 is 13.2 Å². The second kappa shape index (κ2) is 12.7. The van der Waals surface area contributed by atoms with E-state index in [0.29, 0.717) is 25.3 Å². The molecule has 5 rings (SSSR count). The lowest BCUT2D eigenvalue weighted by Gasteiger charge is -2.36. The van der Waals surface area contributed by atoms with E-state index >= 15 is 0 Å². The van der Waals surface area contributed by atoms with Crippen molar-refractivity contribution in [1.82, 2.24) is 19.5 Å². The molecular formula is C27H37Cl2N5O3S2. The van der Waals surface area contributed by atoms with Gasteiger partial charge in [0.25, 0.3) is 0 Å². The summed E-state index contributed by atoms with van der Waals surface area (Å²) in [6, 6.07) is 12.2. The number of likely N-dealkylation sites (N-methyl/N-ethyl adjacent to an activating group) is 1. The van der Waals surface area contributed by atoms with Crippen molar-refractivity contribution in [2.45, 2.75) is 44.6 Å². The van der Waals surface area contributed by atoms with Gasteiger partial charge in [-0.2, -0.15) is 4.72 Å². The molecule has 214 valence electrons. The summed E-state index contributed by atoms with van der Waals surface area (Å²) < 4.78 is 31.4. The van der Waals surface area contributed by atoms with Crippen molar-refractivity contribution in [3.63, 3.8) is 0 Å². The van der Waals surface area contributed by atoms with Crippen LogP contribution in [0.3, 0.4) is 0 Å². The molecule has 39 heavy (non-hydrogen) atoms. The summed E-state index contributed by atoms with van der Waals surface area (Å²) in [5.74, 6) is -0.197. The van der Waals surface area contributed by atoms with Crippen LogP contribution in [0.1, 0.15) is 31.3 Å². The lowest BCUT2D eigenvalue weighted by Crippen LogP contribution is -2.55. The Morgan fingerprint density at radius 1 is 1.10 bits per heavy atom. The first-order chi connectivity index (χ1) is 17.6. The summed E-state index contributed by atoms with van der Waals surface area (Å²) in [5.41, 5.74) is 2.51. The number of carbonyl (C=O) groups excluding carboxylic acids is 1. The van der Waals surface area contributed by atoms with Gasteiger partial charge in [-0.3, -0.25) is 4.79 Å². The van der Waals surface area contributed by atoms with Gasteiger partial charge >= 0.3 is 0 Å². The summed E-state index contributed by atoms with van der Waals surface area (Å²) in [5, 5.41) is 4.08. The summed E-state index contributed by atoms with van der Waals surface area (Å²) >= 11 is 1.50. The molecule has 1 fully saturated rings.